The highest BCUT2D eigenvalue weighted by atomic mass is 16.3. The monoisotopic (exact) mass is 325 g/mol. The third kappa shape index (κ3) is 15.8. The van der Waals surface area contributed by atoms with Crippen molar-refractivity contribution in [3.8, 4) is 0 Å². The van der Waals surface area contributed by atoms with Gasteiger partial charge in [0, 0.05) is 12.5 Å². The summed E-state index contributed by atoms with van der Waals surface area (Å²) in [7, 11) is 0. The average Bonchev–Trinajstić information content (AvgIpc) is 2.54. The molecule has 136 valence electrons. The third-order valence-electron chi connectivity index (χ3n) is 4.44. The van der Waals surface area contributed by atoms with Gasteiger partial charge in [-0.1, -0.05) is 70.4 Å². The van der Waals surface area contributed by atoms with E-state index in [1.807, 2.05) is 0 Å². The number of primary amides is 1. The lowest BCUT2D eigenvalue weighted by molar-refractivity contribution is -0.122. The van der Waals surface area contributed by atoms with Crippen LogP contribution in [0.25, 0.3) is 0 Å². The Morgan fingerprint density at radius 3 is 1.91 bits per heavy atom. The van der Waals surface area contributed by atoms with Crippen molar-refractivity contribution in [2.75, 3.05) is 6.61 Å². The Morgan fingerprint density at radius 2 is 1.39 bits per heavy atom. The van der Waals surface area contributed by atoms with Crippen molar-refractivity contribution >= 4 is 5.91 Å². The van der Waals surface area contributed by atoms with E-state index >= 15 is 0 Å². The van der Waals surface area contributed by atoms with Crippen molar-refractivity contribution in [3.05, 3.63) is 12.2 Å². The summed E-state index contributed by atoms with van der Waals surface area (Å²) >= 11 is 0. The molecule has 1 atom stereocenters. The zero-order valence-electron chi connectivity index (χ0n) is 15.3. The molecule has 0 aromatic heterocycles. The summed E-state index contributed by atoms with van der Waals surface area (Å²) in [6.07, 6.45) is 21.2. The van der Waals surface area contributed by atoms with Crippen molar-refractivity contribution in [1.82, 2.24) is 0 Å². The normalized spacial score (nSPS) is 12.8. The van der Waals surface area contributed by atoms with Gasteiger partial charge in [0.1, 0.15) is 0 Å². The molecule has 0 heterocycles. The van der Waals surface area contributed by atoms with Crippen molar-refractivity contribution in [2.45, 2.75) is 96.8 Å². The molecule has 0 saturated heterocycles. The number of rotatable bonds is 17. The van der Waals surface area contributed by atoms with Crippen LogP contribution in [0.3, 0.4) is 0 Å². The first-order valence-electron chi connectivity index (χ1n) is 9.77. The molecule has 1 unspecified atom stereocenters. The number of carbonyl (C=O) groups is 1. The number of carbonyl (C=O) groups excluding carboxylic acids is 1. The van der Waals surface area contributed by atoms with Gasteiger partial charge in [-0.2, -0.15) is 0 Å². The Labute approximate surface area is 143 Å². The second-order valence-corrected chi connectivity index (χ2v) is 6.63. The van der Waals surface area contributed by atoms with Crippen molar-refractivity contribution in [1.29, 1.82) is 0 Å². The highest BCUT2D eigenvalue weighted by Gasteiger charge is 2.13. The van der Waals surface area contributed by atoms with E-state index in [-0.39, 0.29) is 18.4 Å². The Kier molecular flexibility index (Phi) is 16.9. The summed E-state index contributed by atoms with van der Waals surface area (Å²) in [6.45, 7) is 2.31. The summed E-state index contributed by atoms with van der Waals surface area (Å²) in [4.78, 5) is 11.2. The van der Waals surface area contributed by atoms with Gasteiger partial charge in [0.15, 0.2) is 0 Å². The molecule has 3 nitrogen and oxygen atoms in total. The molecule has 0 spiro atoms. The molecule has 0 saturated carbocycles. The fourth-order valence-electron chi connectivity index (χ4n) is 2.87. The standard InChI is InChI=1S/C20H39NO2/c1-2-3-4-5-6-7-8-9-10-11-12-13-14-15-16-19(17-18-22)20(21)23/h9-10,19,22H,2-8,11-18H2,1H3,(H2,21,23)/b10-9+. The Bertz CT molecular complexity index is 289. The fraction of sp³-hybridized carbons (Fsp3) is 0.850. The van der Waals surface area contributed by atoms with Gasteiger partial charge in [-0.15, -0.1) is 0 Å². The van der Waals surface area contributed by atoms with E-state index in [2.05, 4.69) is 19.1 Å². The molecule has 1 amide bonds. The first kappa shape index (κ1) is 22.2. The topological polar surface area (TPSA) is 63.3 Å². The van der Waals surface area contributed by atoms with Gasteiger partial charge in [-0.3, -0.25) is 4.79 Å². The maximum atomic E-state index is 11.2. The van der Waals surface area contributed by atoms with Crippen molar-refractivity contribution < 1.29 is 9.90 Å². The van der Waals surface area contributed by atoms with Gasteiger partial charge in [0.2, 0.25) is 5.91 Å². The van der Waals surface area contributed by atoms with Gasteiger partial charge in [0.25, 0.3) is 0 Å². The van der Waals surface area contributed by atoms with Crippen molar-refractivity contribution in [2.24, 2.45) is 11.7 Å². The maximum Gasteiger partial charge on any atom is 0.220 e. The van der Waals surface area contributed by atoms with E-state index in [0.717, 1.165) is 19.3 Å². The largest absolute Gasteiger partial charge is 0.396 e. The Balaban J connectivity index is 3.32. The number of unbranched alkanes of at least 4 members (excludes halogenated alkanes) is 10. The first-order chi connectivity index (χ1) is 11.2. The molecular formula is C20H39NO2. The number of hydrogen-bond acceptors (Lipinski definition) is 2. The van der Waals surface area contributed by atoms with Gasteiger partial charge in [-0.25, -0.2) is 0 Å². The van der Waals surface area contributed by atoms with Crippen LogP contribution in [-0.2, 0) is 4.79 Å². The second-order valence-electron chi connectivity index (χ2n) is 6.63. The zero-order chi connectivity index (χ0) is 17.2. The second kappa shape index (κ2) is 17.5. The summed E-state index contributed by atoms with van der Waals surface area (Å²) < 4.78 is 0. The lowest BCUT2D eigenvalue weighted by Gasteiger charge is -2.10. The molecule has 0 aliphatic heterocycles. The van der Waals surface area contributed by atoms with Gasteiger partial charge < -0.3 is 10.8 Å². The lowest BCUT2D eigenvalue weighted by atomic mass is 9.97. The number of nitrogens with two attached hydrogens (primary N) is 1. The van der Waals surface area contributed by atoms with Crippen LogP contribution in [0.2, 0.25) is 0 Å². The van der Waals surface area contributed by atoms with Crippen LogP contribution >= 0.6 is 0 Å². The number of aliphatic hydroxyl groups excluding tert-OH is 1. The van der Waals surface area contributed by atoms with Crippen LogP contribution < -0.4 is 5.73 Å². The molecule has 0 fully saturated rings. The highest BCUT2D eigenvalue weighted by molar-refractivity contribution is 5.76. The summed E-state index contributed by atoms with van der Waals surface area (Å²) in [5.74, 6) is -0.408. The maximum absolute atomic E-state index is 11.2. The zero-order valence-corrected chi connectivity index (χ0v) is 15.3. The number of amides is 1. The summed E-state index contributed by atoms with van der Waals surface area (Å²) in [6, 6.07) is 0. The Morgan fingerprint density at radius 1 is 0.870 bits per heavy atom. The number of aliphatic hydroxyl groups is 1. The first-order valence-corrected chi connectivity index (χ1v) is 9.77. The van der Waals surface area contributed by atoms with Crippen LogP contribution in [0.4, 0.5) is 0 Å². The molecular weight excluding hydrogens is 286 g/mol. The van der Waals surface area contributed by atoms with Crippen LogP contribution in [0, 0.1) is 5.92 Å². The summed E-state index contributed by atoms with van der Waals surface area (Å²) in [5.41, 5.74) is 5.32. The average molecular weight is 326 g/mol. The number of allylic oxidation sites excluding steroid dienone is 2. The smallest absolute Gasteiger partial charge is 0.220 e. The van der Waals surface area contributed by atoms with Gasteiger partial charge >= 0.3 is 0 Å². The van der Waals surface area contributed by atoms with E-state index < -0.39 is 0 Å². The highest BCUT2D eigenvalue weighted by Crippen LogP contribution is 2.14. The van der Waals surface area contributed by atoms with Crippen LogP contribution in [0.5, 0.6) is 0 Å². The molecule has 0 rings (SSSR count). The van der Waals surface area contributed by atoms with E-state index in [9.17, 15) is 4.79 Å². The van der Waals surface area contributed by atoms with Crippen LogP contribution in [0.1, 0.15) is 96.8 Å². The molecule has 0 bridgehead atoms. The third-order valence-corrected chi connectivity index (χ3v) is 4.44. The fourth-order valence-corrected chi connectivity index (χ4v) is 2.87. The van der Waals surface area contributed by atoms with Crippen LogP contribution in [-0.4, -0.2) is 17.6 Å². The predicted octanol–water partition coefficient (Wildman–Crippen LogP) is 5.12. The minimum absolute atomic E-state index is 0.0526. The number of hydrogen-bond donors (Lipinski definition) is 2. The minimum Gasteiger partial charge on any atom is -0.396 e. The predicted molar refractivity (Wildman–Crippen MR) is 99.2 cm³/mol. The molecule has 3 heteroatoms. The minimum atomic E-state index is -0.267. The lowest BCUT2D eigenvalue weighted by Crippen LogP contribution is -2.24. The van der Waals surface area contributed by atoms with E-state index in [4.69, 9.17) is 10.8 Å². The quantitative estimate of drug-likeness (QED) is 0.288. The van der Waals surface area contributed by atoms with E-state index in [1.54, 1.807) is 0 Å². The molecule has 0 aromatic rings. The van der Waals surface area contributed by atoms with Crippen LogP contribution in [0.15, 0.2) is 12.2 Å². The molecule has 23 heavy (non-hydrogen) atoms. The van der Waals surface area contributed by atoms with Crippen molar-refractivity contribution in [3.63, 3.8) is 0 Å². The SMILES string of the molecule is CCCCCCCC/C=C/CCCCCCC(CCO)C(N)=O. The molecule has 0 radical (unpaired) electrons. The molecule has 0 aliphatic rings. The molecule has 3 N–H and O–H groups in total. The summed E-state index contributed by atoms with van der Waals surface area (Å²) in [5, 5.41) is 8.89. The van der Waals surface area contributed by atoms with Gasteiger partial charge in [0.05, 0.1) is 0 Å². The van der Waals surface area contributed by atoms with Gasteiger partial charge in [-0.05, 0) is 38.5 Å². The van der Waals surface area contributed by atoms with E-state index in [1.165, 1.54) is 64.2 Å². The van der Waals surface area contributed by atoms with E-state index in [0.29, 0.717) is 6.42 Å². The Hall–Kier alpha value is -0.830. The molecule has 0 aliphatic carbocycles. The molecule has 0 aromatic carbocycles.